The van der Waals surface area contributed by atoms with Crippen LogP contribution in [0.25, 0.3) is 0 Å². The number of hydrogen-bond donors (Lipinski definition) is 0. The van der Waals surface area contributed by atoms with Crippen LogP contribution in [0.4, 0.5) is 0 Å². The van der Waals surface area contributed by atoms with Gasteiger partial charge in [-0.15, -0.1) is 0 Å². The quantitative estimate of drug-likeness (QED) is 0.617. The predicted molar refractivity (Wildman–Crippen MR) is 85.6 cm³/mol. The second-order valence-electron chi connectivity index (χ2n) is 6.30. The summed E-state index contributed by atoms with van der Waals surface area (Å²) in [7, 11) is -2.98. The molecule has 0 fully saturated rings. The van der Waals surface area contributed by atoms with Gasteiger partial charge in [-0.25, -0.2) is 0 Å². The summed E-state index contributed by atoms with van der Waals surface area (Å²) in [5, 5.41) is 2.07. The van der Waals surface area contributed by atoms with Gasteiger partial charge in [0.1, 0.15) is 0 Å². The Kier molecular flexibility index (Phi) is 4.33. The van der Waals surface area contributed by atoms with Crippen molar-refractivity contribution in [2.24, 2.45) is 0 Å². The Balaban J connectivity index is 3.11. The van der Waals surface area contributed by atoms with E-state index in [0.29, 0.717) is 5.05 Å². The SMILES string of the molecule is C[Si](C)(C)OC(=S)c1ccccc1[Si](C)(C)C. The molecule has 0 bridgehead atoms. The van der Waals surface area contributed by atoms with Gasteiger partial charge in [0.2, 0.25) is 8.32 Å². The molecular formula is C13H22OSSi2. The van der Waals surface area contributed by atoms with Crippen LogP contribution in [-0.4, -0.2) is 21.4 Å². The van der Waals surface area contributed by atoms with Crippen molar-refractivity contribution in [1.29, 1.82) is 0 Å². The van der Waals surface area contributed by atoms with Crippen molar-refractivity contribution in [1.82, 2.24) is 0 Å². The lowest BCUT2D eigenvalue weighted by Gasteiger charge is -2.25. The highest BCUT2D eigenvalue weighted by atomic mass is 32.1. The van der Waals surface area contributed by atoms with E-state index in [1.54, 1.807) is 0 Å². The van der Waals surface area contributed by atoms with E-state index in [4.69, 9.17) is 16.6 Å². The molecule has 1 aromatic carbocycles. The minimum Gasteiger partial charge on any atom is -0.536 e. The van der Waals surface area contributed by atoms with E-state index in [1.807, 2.05) is 6.07 Å². The molecule has 0 saturated heterocycles. The molecule has 0 unspecified atom stereocenters. The molecule has 0 aliphatic rings. The van der Waals surface area contributed by atoms with Crippen molar-refractivity contribution in [3.63, 3.8) is 0 Å². The fourth-order valence-corrected chi connectivity index (χ4v) is 4.93. The van der Waals surface area contributed by atoms with Crippen LogP contribution in [-0.2, 0) is 4.43 Å². The molecule has 0 saturated carbocycles. The topological polar surface area (TPSA) is 9.23 Å². The number of hydrogen-bond acceptors (Lipinski definition) is 2. The van der Waals surface area contributed by atoms with Crippen LogP contribution < -0.4 is 5.19 Å². The highest BCUT2D eigenvalue weighted by Gasteiger charge is 2.24. The van der Waals surface area contributed by atoms with Crippen LogP contribution >= 0.6 is 12.2 Å². The predicted octanol–water partition coefficient (Wildman–Crippen LogP) is 3.76. The van der Waals surface area contributed by atoms with Gasteiger partial charge in [-0.05, 0) is 37.0 Å². The zero-order chi connectivity index (χ0) is 13.3. The third-order valence-electron chi connectivity index (χ3n) is 2.35. The lowest BCUT2D eigenvalue weighted by atomic mass is 10.2. The van der Waals surface area contributed by atoms with Crippen molar-refractivity contribution in [3.8, 4) is 0 Å². The largest absolute Gasteiger partial charge is 0.536 e. The third-order valence-corrected chi connectivity index (χ3v) is 5.67. The van der Waals surface area contributed by atoms with Gasteiger partial charge >= 0.3 is 0 Å². The number of rotatable bonds is 3. The van der Waals surface area contributed by atoms with E-state index in [9.17, 15) is 0 Å². The summed E-state index contributed by atoms with van der Waals surface area (Å²) in [5.41, 5.74) is 1.13. The van der Waals surface area contributed by atoms with Gasteiger partial charge in [0.05, 0.1) is 8.07 Å². The van der Waals surface area contributed by atoms with Crippen molar-refractivity contribution >= 4 is 38.8 Å². The molecule has 0 heterocycles. The van der Waals surface area contributed by atoms with Gasteiger partial charge in [-0.2, -0.15) is 0 Å². The summed E-state index contributed by atoms with van der Waals surface area (Å²) >= 11 is 5.46. The van der Waals surface area contributed by atoms with Gasteiger partial charge in [0.15, 0.2) is 5.05 Å². The first-order chi connectivity index (χ1) is 7.61. The molecule has 0 aliphatic carbocycles. The number of thiocarbonyl (C=S) groups is 1. The van der Waals surface area contributed by atoms with Gasteiger partial charge in [0, 0.05) is 5.56 Å². The fourth-order valence-electron chi connectivity index (χ4n) is 1.65. The van der Waals surface area contributed by atoms with Crippen LogP contribution in [0.15, 0.2) is 24.3 Å². The summed E-state index contributed by atoms with van der Waals surface area (Å²) in [6.07, 6.45) is 0. The molecule has 0 radical (unpaired) electrons. The molecule has 0 amide bonds. The first-order valence-electron chi connectivity index (χ1n) is 5.94. The average Bonchev–Trinajstić information content (AvgIpc) is 2.13. The van der Waals surface area contributed by atoms with Gasteiger partial charge in [0.25, 0.3) is 0 Å². The Hall–Kier alpha value is -0.456. The Morgan fingerprint density at radius 1 is 1.00 bits per heavy atom. The summed E-state index contributed by atoms with van der Waals surface area (Å²) in [6.45, 7) is 13.5. The summed E-state index contributed by atoms with van der Waals surface area (Å²) < 4.78 is 5.95. The standard InChI is InChI=1S/C13H22OSSi2/c1-16(2,3)12-10-8-7-9-11(12)13(15)14-17(4,5)6/h7-10H,1-6H3. The Morgan fingerprint density at radius 2 is 1.53 bits per heavy atom. The van der Waals surface area contributed by atoms with Crippen LogP contribution in [0.3, 0.4) is 0 Å². The molecule has 94 valence electrons. The average molecular weight is 283 g/mol. The Morgan fingerprint density at radius 3 is 2.00 bits per heavy atom. The van der Waals surface area contributed by atoms with E-state index in [2.05, 4.69) is 57.5 Å². The minimum atomic E-state index is -1.61. The van der Waals surface area contributed by atoms with Gasteiger partial charge in [-0.1, -0.05) is 43.9 Å². The molecule has 0 aromatic heterocycles. The molecule has 0 aliphatic heterocycles. The third kappa shape index (κ3) is 4.37. The van der Waals surface area contributed by atoms with Crippen LogP contribution in [0.1, 0.15) is 5.56 Å². The maximum atomic E-state index is 5.95. The van der Waals surface area contributed by atoms with E-state index in [1.165, 1.54) is 5.19 Å². The normalized spacial score (nSPS) is 12.4. The Bertz CT molecular complexity index is 416. The maximum Gasteiger partial charge on any atom is 0.243 e. The molecule has 0 N–H and O–H groups in total. The van der Waals surface area contributed by atoms with E-state index in [0.717, 1.165) is 5.56 Å². The monoisotopic (exact) mass is 282 g/mol. The first-order valence-corrected chi connectivity index (χ1v) is 13.3. The molecule has 1 rings (SSSR count). The van der Waals surface area contributed by atoms with Crippen molar-refractivity contribution in [3.05, 3.63) is 29.8 Å². The molecule has 1 aromatic rings. The van der Waals surface area contributed by atoms with Crippen molar-refractivity contribution in [2.45, 2.75) is 39.3 Å². The molecule has 0 atom stereocenters. The molecular weight excluding hydrogens is 260 g/mol. The zero-order valence-electron chi connectivity index (χ0n) is 11.6. The second kappa shape index (κ2) is 5.04. The molecule has 0 spiro atoms. The second-order valence-corrected chi connectivity index (χ2v) is 16.1. The van der Waals surface area contributed by atoms with E-state index >= 15 is 0 Å². The van der Waals surface area contributed by atoms with Crippen LogP contribution in [0.5, 0.6) is 0 Å². The van der Waals surface area contributed by atoms with Gasteiger partial charge < -0.3 is 4.43 Å². The number of benzene rings is 1. The fraction of sp³-hybridized carbons (Fsp3) is 0.462. The van der Waals surface area contributed by atoms with Crippen LogP contribution in [0, 0.1) is 0 Å². The smallest absolute Gasteiger partial charge is 0.243 e. The maximum absolute atomic E-state index is 5.95. The molecule has 1 nitrogen and oxygen atoms in total. The zero-order valence-corrected chi connectivity index (χ0v) is 14.4. The van der Waals surface area contributed by atoms with E-state index in [-0.39, 0.29) is 0 Å². The highest BCUT2D eigenvalue weighted by Crippen LogP contribution is 2.13. The summed E-state index contributed by atoms with van der Waals surface area (Å²) in [5.74, 6) is 0. The highest BCUT2D eigenvalue weighted by molar-refractivity contribution is 7.80. The van der Waals surface area contributed by atoms with E-state index < -0.39 is 16.4 Å². The molecule has 4 heteroatoms. The van der Waals surface area contributed by atoms with Crippen molar-refractivity contribution < 1.29 is 4.43 Å². The van der Waals surface area contributed by atoms with Crippen LogP contribution in [0.2, 0.25) is 39.3 Å². The first kappa shape index (κ1) is 14.6. The summed E-state index contributed by atoms with van der Waals surface area (Å²) in [4.78, 5) is 0. The lowest BCUT2D eigenvalue weighted by molar-refractivity contribution is 0.568. The Labute approximate surface area is 112 Å². The summed E-state index contributed by atoms with van der Waals surface area (Å²) in [6, 6.07) is 8.42. The minimum absolute atomic E-state index is 0.683. The van der Waals surface area contributed by atoms with Gasteiger partial charge in [-0.3, -0.25) is 0 Å². The molecule has 17 heavy (non-hydrogen) atoms. The lowest BCUT2D eigenvalue weighted by Crippen LogP contribution is -2.42. The van der Waals surface area contributed by atoms with Crippen molar-refractivity contribution in [2.75, 3.05) is 0 Å².